The zero-order chi connectivity index (χ0) is 18.9. The van der Waals surface area contributed by atoms with E-state index in [1.807, 2.05) is 30.3 Å². The van der Waals surface area contributed by atoms with Crippen LogP contribution < -0.4 is 0 Å². The summed E-state index contributed by atoms with van der Waals surface area (Å²) in [4.78, 5) is 26.1. The number of amides is 1. The van der Waals surface area contributed by atoms with Gasteiger partial charge in [-0.3, -0.25) is 4.79 Å². The average Bonchev–Trinajstić information content (AvgIpc) is 2.63. The minimum Gasteiger partial charge on any atom is -0.507 e. The molecule has 6 heteroatoms. The summed E-state index contributed by atoms with van der Waals surface area (Å²) in [5.41, 5.74) is 1.83. The maximum absolute atomic E-state index is 12.5. The molecule has 2 aromatic rings. The summed E-state index contributed by atoms with van der Waals surface area (Å²) in [5.74, 6) is -1.23. The highest BCUT2D eigenvalue weighted by atomic mass is 16.5. The minimum absolute atomic E-state index is 0.0369. The molecular formula is C20H23NO5. The highest BCUT2D eigenvalue weighted by Crippen LogP contribution is 2.19. The van der Waals surface area contributed by atoms with Crippen molar-refractivity contribution < 1.29 is 24.2 Å². The lowest BCUT2D eigenvalue weighted by Gasteiger charge is -2.22. The first-order valence-corrected chi connectivity index (χ1v) is 8.28. The van der Waals surface area contributed by atoms with Crippen molar-refractivity contribution in [2.75, 3.05) is 26.9 Å². The van der Waals surface area contributed by atoms with Gasteiger partial charge in [0.15, 0.2) is 6.61 Å². The van der Waals surface area contributed by atoms with Crippen molar-refractivity contribution in [3.05, 3.63) is 65.2 Å². The van der Waals surface area contributed by atoms with E-state index >= 15 is 0 Å². The Morgan fingerprint density at radius 1 is 1.12 bits per heavy atom. The lowest BCUT2D eigenvalue weighted by atomic mass is 10.1. The fourth-order valence-corrected chi connectivity index (χ4v) is 2.41. The number of hydrogen-bond donors (Lipinski definition) is 1. The monoisotopic (exact) mass is 357 g/mol. The van der Waals surface area contributed by atoms with Crippen molar-refractivity contribution in [3.63, 3.8) is 0 Å². The van der Waals surface area contributed by atoms with Crippen LogP contribution in [0.2, 0.25) is 0 Å². The number of aromatic hydroxyl groups is 1. The molecule has 1 amide bonds. The second kappa shape index (κ2) is 9.58. The number of ether oxygens (including phenoxy) is 2. The molecular weight excluding hydrogens is 334 g/mol. The van der Waals surface area contributed by atoms with Crippen LogP contribution >= 0.6 is 0 Å². The molecule has 0 aliphatic carbocycles. The van der Waals surface area contributed by atoms with E-state index in [9.17, 15) is 14.7 Å². The van der Waals surface area contributed by atoms with E-state index in [1.165, 1.54) is 12.1 Å². The van der Waals surface area contributed by atoms with Crippen LogP contribution in [-0.4, -0.2) is 48.8 Å². The van der Waals surface area contributed by atoms with Crippen LogP contribution in [0.1, 0.15) is 21.5 Å². The number of phenols is 1. The van der Waals surface area contributed by atoms with E-state index in [-0.39, 0.29) is 17.2 Å². The Bertz CT molecular complexity index is 745. The van der Waals surface area contributed by atoms with Crippen LogP contribution in [0.3, 0.4) is 0 Å². The fraction of sp³-hybridized carbons (Fsp3) is 0.300. The lowest BCUT2D eigenvalue weighted by molar-refractivity contribution is -0.135. The number of phenolic OH excluding ortho intramolecular Hbond substituents is 1. The van der Waals surface area contributed by atoms with Gasteiger partial charge in [-0.2, -0.15) is 0 Å². The number of aryl methyl sites for hydroxylation is 1. The second-order valence-electron chi connectivity index (χ2n) is 5.89. The first-order valence-electron chi connectivity index (χ1n) is 8.28. The Morgan fingerprint density at radius 3 is 2.50 bits per heavy atom. The highest BCUT2D eigenvalue weighted by molar-refractivity contribution is 5.93. The van der Waals surface area contributed by atoms with Crippen molar-refractivity contribution in [2.45, 2.75) is 13.5 Å². The fourth-order valence-electron chi connectivity index (χ4n) is 2.41. The Hall–Kier alpha value is -2.86. The first-order chi connectivity index (χ1) is 12.5. The van der Waals surface area contributed by atoms with Crippen molar-refractivity contribution in [1.82, 2.24) is 4.90 Å². The summed E-state index contributed by atoms with van der Waals surface area (Å²) >= 11 is 0. The topological polar surface area (TPSA) is 76.1 Å². The number of nitrogens with zero attached hydrogens (tertiary/aromatic N) is 1. The molecule has 2 aromatic carbocycles. The maximum Gasteiger partial charge on any atom is 0.342 e. The maximum atomic E-state index is 12.5. The molecule has 0 unspecified atom stereocenters. The molecule has 0 radical (unpaired) electrons. The van der Waals surface area contributed by atoms with E-state index in [0.717, 1.165) is 11.1 Å². The standard InChI is InChI=1S/C20H23NO5/c1-15-8-9-17(18(22)12-15)20(24)26-14-19(23)21(10-11-25-2)13-16-6-4-3-5-7-16/h3-9,12,22H,10-11,13-14H2,1-2H3. The van der Waals surface area contributed by atoms with E-state index in [1.54, 1.807) is 25.0 Å². The van der Waals surface area contributed by atoms with Crippen LogP contribution in [-0.2, 0) is 20.8 Å². The van der Waals surface area contributed by atoms with Gasteiger partial charge in [0, 0.05) is 20.2 Å². The number of benzene rings is 2. The van der Waals surface area contributed by atoms with Crippen LogP contribution in [0, 0.1) is 6.92 Å². The van der Waals surface area contributed by atoms with E-state index in [0.29, 0.717) is 19.7 Å². The third-order valence-corrected chi connectivity index (χ3v) is 3.83. The quantitative estimate of drug-likeness (QED) is 0.735. The van der Waals surface area contributed by atoms with Crippen molar-refractivity contribution in [1.29, 1.82) is 0 Å². The van der Waals surface area contributed by atoms with Crippen molar-refractivity contribution in [3.8, 4) is 5.75 Å². The van der Waals surface area contributed by atoms with Crippen molar-refractivity contribution >= 4 is 11.9 Å². The number of rotatable bonds is 8. The summed E-state index contributed by atoms with van der Waals surface area (Å²) in [6.07, 6.45) is 0. The molecule has 0 bridgehead atoms. The smallest absolute Gasteiger partial charge is 0.342 e. The van der Waals surface area contributed by atoms with Crippen LogP contribution in [0.4, 0.5) is 0 Å². The number of esters is 1. The molecule has 2 rings (SSSR count). The zero-order valence-electron chi connectivity index (χ0n) is 15.0. The summed E-state index contributed by atoms with van der Waals surface area (Å²) in [5, 5.41) is 9.83. The SMILES string of the molecule is COCCN(Cc1ccccc1)C(=O)COC(=O)c1ccc(C)cc1O. The number of methoxy groups -OCH3 is 1. The second-order valence-corrected chi connectivity index (χ2v) is 5.89. The molecule has 0 saturated carbocycles. The van der Waals surface area contributed by atoms with Gasteiger partial charge < -0.3 is 19.5 Å². The lowest BCUT2D eigenvalue weighted by Crippen LogP contribution is -2.36. The Labute approximate surface area is 153 Å². The normalized spacial score (nSPS) is 10.4. The van der Waals surface area contributed by atoms with Gasteiger partial charge in [-0.25, -0.2) is 4.79 Å². The highest BCUT2D eigenvalue weighted by Gasteiger charge is 2.18. The molecule has 0 aliphatic heterocycles. The molecule has 26 heavy (non-hydrogen) atoms. The van der Waals surface area contributed by atoms with Crippen LogP contribution in [0.5, 0.6) is 5.75 Å². The molecule has 1 N–H and O–H groups in total. The summed E-state index contributed by atoms with van der Waals surface area (Å²) < 4.78 is 10.1. The van der Waals surface area contributed by atoms with Gasteiger partial charge >= 0.3 is 5.97 Å². The van der Waals surface area contributed by atoms with E-state index < -0.39 is 12.6 Å². The third-order valence-electron chi connectivity index (χ3n) is 3.83. The molecule has 0 saturated heterocycles. The molecule has 0 spiro atoms. The van der Waals surface area contributed by atoms with Gasteiger partial charge in [0.2, 0.25) is 0 Å². The molecule has 0 aliphatic rings. The Balaban J connectivity index is 1.98. The first kappa shape index (κ1) is 19.5. The predicted molar refractivity (Wildman–Crippen MR) is 96.9 cm³/mol. The van der Waals surface area contributed by atoms with Crippen LogP contribution in [0.15, 0.2) is 48.5 Å². The summed E-state index contributed by atoms with van der Waals surface area (Å²) in [7, 11) is 1.56. The molecule has 6 nitrogen and oxygen atoms in total. The average molecular weight is 357 g/mol. The molecule has 0 heterocycles. The largest absolute Gasteiger partial charge is 0.507 e. The summed E-state index contributed by atoms with van der Waals surface area (Å²) in [6.45, 7) is 2.57. The van der Waals surface area contributed by atoms with Crippen LogP contribution in [0.25, 0.3) is 0 Å². The van der Waals surface area contributed by atoms with Gasteiger partial charge in [0.1, 0.15) is 11.3 Å². The number of hydrogen-bond acceptors (Lipinski definition) is 5. The molecule has 0 fully saturated rings. The molecule has 0 atom stereocenters. The van der Waals surface area contributed by atoms with Gasteiger partial charge in [0.25, 0.3) is 5.91 Å². The number of carbonyl (C=O) groups is 2. The predicted octanol–water partition coefficient (Wildman–Crippen LogP) is 2.53. The minimum atomic E-state index is -0.734. The van der Waals surface area contributed by atoms with Crippen molar-refractivity contribution in [2.24, 2.45) is 0 Å². The van der Waals surface area contributed by atoms with Gasteiger partial charge in [-0.1, -0.05) is 36.4 Å². The number of carbonyl (C=O) groups excluding carboxylic acids is 2. The molecule has 0 aromatic heterocycles. The summed E-state index contributed by atoms with van der Waals surface area (Å²) in [6, 6.07) is 14.2. The van der Waals surface area contributed by atoms with E-state index in [2.05, 4.69) is 0 Å². The van der Waals surface area contributed by atoms with E-state index in [4.69, 9.17) is 9.47 Å². The molecule has 138 valence electrons. The zero-order valence-corrected chi connectivity index (χ0v) is 15.0. The Morgan fingerprint density at radius 2 is 1.85 bits per heavy atom. The van der Waals surface area contributed by atoms with Gasteiger partial charge in [-0.15, -0.1) is 0 Å². The van der Waals surface area contributed by atoms with Gasteiger partial charge in [-0.05, 0) is 30.2 Å². The van der Waals surface area contributed by atoms with Gasteiger partial charge in [0.05, 0.1) is 6.61 Å². The Kier molecular flexibility index (Phi) is 7.17. The third kappa shape index (κ3) is 5.60.